The molecule has 3 atom stereocenters. The Labute approximate surface area is 206 Å². The van der Waals surface area contributed by atoms with Crippen LogP contribution in [0.15, 0.2) is 54.6 Å². The zero-order chi connectivity index (χ0) is 24.4. The van der Waals surface area contributed by atoms with Gasteiger partial charge in [0.2, 0.25) is 17.7 Å². The number of nitrogens with zero attached hydrogens (tertiary/aromatic N) is 3. The van der Waals surface area contributed by atoms with E-state index in [4.69, 9.17) is 5.73 Å². The highest BCUT2D eigenvalue weighted by Crippen LogP contribution is 2.33. The first-order valence-corrected chi connectivity index (χ1v) is 12.7. The predicted molar refractivity (Wildman–Crippen MR) is 133 cm³/mol. The van der Waals surface area contributed by atoms with Gasteiger partial charge < -0.3 is 20.4 Å². The lowest BCUT2D eigenvalue weighted by Crippen LogP contribution is -2.38. The summed E-state index contributed by atoms with van der Waals surface area (Å²) in [4.78, 5) is 43.7. The molecule has 0 bridgehead atoms. The summed E-state index contributed by atoms with van der Waals surface area (Å²) in [6, 6.07) is 17.5. The van der Waals surface area contributed by atoms with E-state index >= 15 is 0 Å². The summed E-state index contributed by atoms with van der Waals surface area (Å²) in [6.07, 6.45) is 2.15. The van der Waals surface area contributed by atoms with Gasteiger partial charge in [0.25, 0.3) is 0 Å². The van der Waals surface area contributed by atoms with E-state index in [0.29, 0.717) is 36.9 Å². The number of rotatable bonds is 8. The Morgan fingerprint density at radius 3 is 2.29 bits per heavy atom. The molecule has 5 rings (SSSR count). The molecule has 0 aromatic heterocycles. The van der Waals surface area contributed by atoms with Crippen molar-refractivity contribution in [2.45, 2.75) is 25.8 Å². The quantitative estimate of drug-likeness (QED) is 0.635. The van der Waals surface area contributed by atoms with Crippen molar-refractivity contribution in [2.75, 3.05) is 39.3 Å². The minimum Gasteiger partial charge on any atom is -0.366 e. The standard InChI is InChI=1S/C28H34N4O3/c29-27(34)25-11-5-4-9-21(25)10-6-12-30-15-23-18-32(19-24(23)16-30)28(35)22-13-26(33)31(17-22)14-20-7-2-1-3-8-20/h1-5,7-9,11,22-24H,6,10,12-19H2,(H2,29,34)/t22-,23?,24?/m0/s1. The third-order valence-electron chi connectivity index (χ3n) is 7.86. The molecule has 0 radical (unpaired) electrons. The second-order valence-corrected chi connectivity index (χ2v) is 10.3. The third kappa shape index (κ3) is 5.25. The van der Waals surface area contributed by atoms with Crippen molar-refractivity contribution in [3.05, 3.63) is 71.3 Å². The second kappa shape index (κ2) is 10.2. The molecule has 0 saturated carbocycles. The number of nitrogens with two attached hydrogens (primary N) is 1. The van der Waals surface area contributed by atoms with Crippen molar-refractivity contribution in [3.8, 4) is 0 Å². The van der Waals surface area contributed by atoms with E-state index in [1.807, 2.05) is 58.3 Å². The van der Waals surface area contributed by atoms with Crippen LogP contribution in [0.1, 0.15) is 34.3 Å². The lowest BCUT2D eigenvalue weighted by molar-refractivity contribution is -0.135. The van der Waals surface area contributed by atoms with Gasteiger partial charge >= 0.3 is 0 Å². The molecule has 0 spiro atoms. The van der Waals surface area contributed by atoms with Crippen LogP contribution in [0.2, 0.25) is 0 Å². The highest BCUT2D eigenvalue weighted by molar-refractivity contribution is 5.94. The smallest absolute Gasteiger partial charge is 0.248 e. The SMILES string of the molecule is NC(=O)c1ccccc1CCCN1CC2CN(C(=O)[C@H]3CC(=O)N(Cc4ccccc4)C3)CC2C1. The maximum atomic E-state index is 13.2. The fraction of sp³-hybridized carbons (Fsp3) is 0.464. The van der Waals surface area contributed by atoms with E-state index in [-0.39, 0.29) is 23.6 Å². The normalized spacial score (nSPS) is 24.2. The van der Waals surface area contributed by atoms with Gasteiger partial charge in [-0.25, -0.2) is 0 Å². The van der Waals surface area contributed by atoms with E-state index in [1.165, 1.54) is 0 Å². The highest BCUT2D eigenvalue weighted by Gasteiger charge is 2.44. The van der Waals surface area contributed by atoms with Crippen molar-refractivity contribution in [3.63, 3.8) is 0 Å². The molecule has 184 valence electrons. The Kier molecular flexibility index (Phi) is 6.86. The first-order chi connectivity index (χ1) is 17.0. The summed E-state index contributed by atoms with van der Waals surface area (Å²) in [5.41, 5.74) is 8.24. The summed E-state index contributed by atoms with van der Waals surface area (Å²) in [7, 11) is 0. The van der Waals surface area contributed by atoms with Crippen molar-refractivity contribution >= 4 is 17.7 Å². The lowest BCUT2D eigenvalue weighted by Gasteiger charge is -2.24. The summed E-state index contributed by atoms with van der Waals surface area (Å²) in [6.45, 7) is 5.71. The molecule has 2 unspecified atom stereocenters. The van der Waals surface area contributed by atoms with Gasteiger partial charge in [0.1, 0.15) is 0 Å². The molecule has 0 aliphatic carbocycles. The third-order valence-corrected chi connectivity index (χ3v) is 7.86. The number of amides is 3. The van der Waals surface area contributed by atoms with Crippen molar-refractivity contribution < 1.29 is 14.4 Å². The number of hydrogen-bond donors (Lipinski definition) is 1. The van der Waals surface area contributed by atoms with Gasteiger partial charge in [0.05, 0.1) is 5.92 Å². The lowest BCUT2D eigenvalue weighted by atomic mass is 10.0. The van der Waals surface area contributed by atoms with Crippen LogP contribution in [0.4, 0.5) is 0 Å². The topological polar surface area (TPSA) is 87.0 Å². The van der Waals surface area contributed by atoms with E-state index in [2.05, 4.69) is 4.90 Å². The molecule has 7 heteroatoms. The maximum absolute atomic E-state index is 13.2. The summed E-state index contributed by atoms with van der Waals surface area (Å²) < 4.78 is 0. The molecule has 35 heavy (non-hydrogen) atoms. The van der Waals surface area contributed by atoms with Gasteiger partial charge in [-0.15, -0.1) is 0 Å². The minimum atomic E-state index is -0.367. The van der Waals surface area contributed by atoms with Crippen LogP contribution in [0.3, 0.4) is 0 Å². The molecule has 3 fully saturated rings. The zero-order valence-corrected chi connectivity index (χ0v) is 20.1. The summed E-state index contributed by atoms with van der Waals surface area (Å²) in [5, 5.41) is 0. The van der Waals surface area contributed by atoms with Gasteiger partial charge in [-0.05, 0) is 48.4 Å². The van der Waals surface area contributed by atoms with Gasteiger partial charge in [0, 0.05) is 51.3 Å². The van der Waals surface area contributed by atoms with Crippen molar-refractivity contribution in [2.24, 2.45) is 23.5 Å². The van der Waals surface area contributed by atoms with E-state index in [0.717, 1.165) is 56.7 Å². The monoisotopic (exact) mass is 474 g/mol. The fourth-order valence-corrected chi connectivity index (χ4v) is 6.08. The molecule has 3 aliphatic heterocycles. The minimum absolute atomic E-state index is 0.0793. The Morgan fingerprint density at radius 2 is 1.57 bits per heavy atom. The number of primary amides is 1. The molecule has 3 amide bonds. The first kappa shape index (κ1) is 23.5. The second-order valence-electron chi connectivity index (χ2n) is 10.3. The van der Waals surface area contributed by atoms with Crippen LogP contribution in [-0.4, -0.2) is 71.7 Å². The van der Waals surface area contributed by atoms with Crippen molar-refractivity contribution in [1.29, 1.82) is 0 Å². The van der Waals surface area contributed by atoms with Crippen LogP contribution in [0.25, 0.3) is 0 Å². The van der Waals surface area contributed by atoms with Gasteiger partial charge in [-0.1, -0.05) is 48.5 Å². The predicted octanol–water partition coefficient (Wildman–Crippen LogP) is 2.16. The fourth-order valence-electron chi connectivity index (χ4n) is 6.08. The average Bonchev–Trinajstić information content (AvgIpc) is 3.53. The highest BCUT2D eigenvalue weighted by atomic mass is 16.2. The number of aryl methyl sites for hydroxylation is 1. The molecule has 7 nitrogen and oxygen atoms in total. The first-order valence-electron chi connectivity index (χ1n) is 12.7. The number of likely N-dealkylation sites (tertiary alicyclic amines) is 3. The maximum Gasteiger partial charge on any atom is 0.248 e. The largest absolute Gasteiger partial charge is 0.366 e. The van der Waals surface area contributed by atoms with Crippen LogP contribution in [-0.2, 0) is 22.6 Å². The number of fused-ring (bicyclic) bond motifs is 1. The van der Waals surface area contributed by atoms with Gasteiger partial charge in [0.15, 0.2) is 0 Å². The number of carbonyl (C=O) groups is 3. The molecule has 2 aromatic carbocycles. The van der Waals surface area contributed by atoms with E-state index in [9.17, 15) is 14.4 Å². The van der Waals surface area contributed by atoms with Crippen LogP contribution < -0.4 is 5.73 Å². The molecule has 3 heterocycles. The molecule has 2 N–H and O–H groups in total. The molecule has 3 aliphatic rings. The van der Waals surface area contributed by atoms with Crippen molar-refractivity contribution in [1.82, 2.24) is 14.7 Å². The van der Waals surface area contributed by atoms with Gasteiger partial charge in [-0.2, -0.15) is 0 Å². The Balaban J connectivity index is 1.07. The van der Waals surface area contributed by atoms with Gasteiger partial charge in [-0.3, -0.25) is 14.4 Å². The molecular formula is C28H34N4O3. The number of hydrogen-bond acceptors (Lipinski definition) is 4. The Bertz CT molecular complexity index is 1070. The Hall–Kier alpha value is -3.19. The average molecular weight is 475 g/mol. The van der Waals surface area contributed by atoms with Crippen LogP contribution in [0.5, 0.6) is 0 Å². The van der Waals surface area contributed by atoms with Crippen LogP contribution >= 0.6 is 0 Å². The molecule has 2 aromatic rings. The Morgan fingerprint density at radius 1 is 0.886 bits per heavy atom. The zero-order valence-electron chi connectivity index (χ0n) is 20.1. The van der Waals surface area contributed by atoms with E-state index < -0.39 is 0 Å². The number of carbonyl (C=O) groups excluding carboxylic acids is 3. The summed E-state index contributed by atoms with van der Waals surface area (Å²) in [5.74, 6) is 0.664. The number of benzene rings is 2. The van der Waals surface area contributed by atoms with E-state index in [1.54, 1.807) is 6.07 Å². The molecule has 3 saturated heterocycles. The summed E-state index contributed by atoms with van der Waals surface area (Å²) >= 11 is 0. The van der Waals surface area contributed by atoms with Crippen LogP contribution in [0, 0.1) is 17.8 Å². The molecular weight excluding hydrogens is 440 g/mol.